The van der Waals surface area contributed by atoms with Crippen LogP contribution in [0.1, 0.15) is 0 Å². The lowest BCUT2D eigenvalue weighted by molar-refractivity contribution is 1.05. The van der Waals surface area contributed by atoms with Crippen molar-refractivity contribution >= 4 is 49.3 Å². The van der Waals surface area contributed by atoms with Gasteiger partial charge < -0.3 is 0 Å². The Balaban J connectivity index is 1.30. The summed E-state index contributed by atoms with van der Waals surface area (Å²) >= 11 is 0. The minimum atomic E-state index is -0.107. The summed E-state index contributed by atoms with van der Waals surface area (Å²) in [5.41, 5.74) is 7.62. The van der Waals surface area contributed by atoms with Crippen LogP contribution < -0.4 is 5.56 Å². The third kappa shape index (κ3) is 4.27. The Labute approximate surface area is 285 Å². The number of para-hydroxylation sites is 2. The van der Waals surface area contributed by atoms with Crippen molar-refractivity contribution in [3.63, 3.8) is 0 Å². The molecule has 0 saturated carbocycles. The third-order valence-electron chi connectivity index (χ3n) is 9.33. The van der Waals surface area contributed by atoms with E-state index in [2.05, 4.69) is 22.6 Å². The quantitative estimate of drug-likeness (QED) is 0.179. The zero-order valence-corrected chi connectivity index (χ0v) is 26.6. The van der Waals surface area contributed by atoms with Crippen LogP contribution in [0.3, 0.4) is 0 Å². The van der Waals surface area contributed by atoms with Gasteiger partial charge in [0, 0.05) is 38.2 Å². The summed E-state index contributed by atoms with van der Waals surface area (Å²) < 4.78 is 4.05. The average molecular weight is 643 g/mol. The number of nitrogens with zero attached hydrogens (tertiary/aromatic N) is 6. The van der Waals surface area contributed by atoms with Crippen LogP contribution >= 0.6 is 0 Å². The van der Waals surface area contributed by atoms with Gasteiger partial charge in [0.15, 0.2) is 17.5 Å². The number of imidazole rings is 1. The molecule has 50 heavy (non-hydrogen) atoms. The summed E-state index contributed by atoms with van der Waals surface area (Å²) in [6, 6.07) is 52.0. The molecular formula is C43H26N6O. The largest absolute Gasteiger partial charge is 0.290 e. The number of rotatable bonds is 4. The highest BCUT2D eigenvalue weighted by Crippen LogP contribution is 2.36. The minimum Gasteiger partial charge on any atom is -0.290 e. The fourth-order valence-electron chi connectivity index (χ4n) is 7.09. The molecule has 0 fully saturated rings. The van der Waals surface area contributed by atoms with Crippen LogP contribution in [0.5, 0.6) is 0 Å². The summed E-state index contributed by atoms with van der Waals surface area (Å²) in [6.07, 6.45) is 0. The molecule has 7 heteroatoms. The Morgan fingerprint density at radius 1 is 0.420 bits per heavy atom. The van der Waals surface area contributed by atoms with E-state index in [-0.39, 0.29) is 5.56 Å². The molecule has 0 aliphatic carbocycles. The molecule has 0 saturated heterocycles. The predicted molar refractivity (Wildman–Crippen MR) is 201 cm³/mol. The molecule has 0 aliphatic heterocycles. The van der Waals surface area contributed by atoms with E-state index < -0.39 is 0 Å². The monoisotopic (exact) mass is 642 g/mol. The maximum atomic E-state index is 14.7. The summed E-state index contributed by atoms with van der Waals surface area (Å²) in [5.74, 6) is 1.67. The molecule has 0 unspecified atom stereocenters. The number of aromatic nitrogens is 6. The molecule has 4 heterocycles. The summed E-state index contributed by atoms with van der Waals surface area (Å²) in [4.78, 5) is 34.6. The first-order valence-corrected chi connectivity index (χ1v) is 16.5. The van der Waals surface area contributed by atoms with Gasteiger partial charge in [-0.2, -0.15) is 0 Å². The fraction of sp³-hybridized carbons (Fsp3) is 0. The molecule has 234 valence electrons. The highest BCUT2D eigenvalue weighted by Gasteiger charge is 2.21. The van der Waals surface area contributed by atoms with Crippen LogP contribution in [0.15, 0.2) is 163 Å². The van der Waals surface area contributed by atoms with Crippen LogP contribution in [0.25, 0.3) is 89.1 Å². The van der Waals surface area contributed by atoms with E-state index in [1.807, 2.05) is 144 Å². The highest BCUT2D eigenvalue weighted by molar-refractivity contribution is 6.19. The molecule has 0 atom stereocenters. The normalized spacial score (nSPS) is 11.7. The van der Waals surface area contributed by atoms with Gasteiger partial charge in [0.05, 0.1) is 27.8 Å². The first kappa shape index (κ1) is 28.1. The Morgan fingerprint density at radius 3 is 1.62 bits per heavy atom. The Morgan fingerprint density at radius 2 is 0.940 bits per heavy atom. The molecule has 10 rings (SSSR count). The van der Waals surface area contributed by atoms with Crippen LogP contribution in [-0.4, -0.2) is 28.9 Å². The summed E-state index contributed by atoms with van der Waals surface area (Å²) in [7, 11) is 0. The number of pyridine rings is 2. The zero-order chi connectivity index (χ0) is 33.2. The van der Waals surface area contributed by atoms with Gasteiger partial charge in [0.25, 0.3) is 5.56 Å². The van der Waals surface area contributed by atoms with E-state index in [0.717, 1.165) is 60.6 Å². The van der Waals surface area contributed by atoms with Gasteiger partial charge in [-0.25, -0.2) is 19.9 Å². The van der Waals surface area contributed by atoms with E-state index in [9.17, 15) is 4.79 Å². The van der Waals surface area contributed by atoms with Crippen LogP contribution in [-0.2, 0) is 0 Å². The Kier molecular flexibility index (Phi) is 6.19. The van der Waals surface area contributed by atoms with Crippen molar-refractivity contribution in [3.05, 3.63) is 168 Å². The molecule has 0 spiro atoms. The van der Waals surface area contributed by atoms with Crippen molar-refractivity contribution < 1.29 is 0 Å². The smallest absolute Gasteiger partial charge is 0.263 e. The molecule has 0 radical (unpaired) electrons. The van der Waals surface area contributed by atoms with Crippen molar-refractivity contribution in [3.8, 4) is 39.9 Å². The summed E-state index contributed by atoms with van der Waals surface area (Å²) in [5, 5.41) is 3.40. The molecule has 6 aromatic carbocycles. The average Bonchev–Trinajstić information content (AvgIpc) is 3.58. The van der Waals surface area contributed by atoms with E-state index in [4.69, 9.17) is 19.9 Å². The Hall–Kier alpha value is -6.99. The van der Waals surface area contributed by atoms with Crippen molar-refractivity contribution in [1.82, 2.24) is 28.9 Å². The molecule has 0 aliphatic rings. The van der Waals surface area contributed by atoms with E-state index in [1.54, 1.807) is 0 Å². The molecule has 10 aromatic rings. The SMILES string of the molecule is O=c1c2ccccc2c2c(c3ccccc3c3nc4ccccc4n32)n1-c1cccc(-c2nc(-c3ccccc3)nc(-c3ccccc3)n2)c1. The van der Waals surface area contributed by atoms with E-state index in [1.165, 1.54) is 0 Å². The first-order chi connectivity index (χ1) is 24.7. The number of fused-ring (bicyclic) bond motifs is 10. The second-order valence-corrected chi connectivity index (χ2v) is 12.3. The molecule has 0 N–H and O–H groups in total. The molecule has 4 aromatic heterocycles. The lowest BCUT2D eigenvalue weighted by atomic mass is 10.0. The molecule has 7 nitrogen and oxygen atoms in total. The Bertz CT molecular complexity index is 2950. The van der Waals surface area contributed by atoms with Crippen molar-refractivity contribution in [2.75, 3.05) is 0 Å². The topological polar surface area (TPSA) is 78.0 Å². The van der Waals surface area contributed by atoms with Gasteiger partial charge in [-0.1, -0.05) is 127 Å². The lowest BCUT2D eigenvalue weighted by Gasteiger charge is -2.18. The standard InChI is InChI=1S/C43H26N6O/c50-43-34-23-10-8-21-32(34)38-37(31-20-7-9-22-33(31)42-44-35-24-11-12-25-36(35)49(38)42)48(43)30-19-13-18-29(26-30)41-46-39(27-14-3-1-4-15-27)45-40(47-41)28-16-5-2-6-17-28/h1-26H. The molecule has 0 bridgehead atoms. The fourth-order valence-corrected chi connectivity index (χ4v) is 7.09. The van der Waals surface area contributed by atoms with Crippen molar-refractivity contribution in [2.24, 2.45) is 0 Å². The van der Waals surface area contributed by atoms with Gasteiger partial charge in [0.2, 0.25) is 0 Å². The number of benzene rings is 6. The van der Waals surface area contributed by atoms with Crippen molar-refractivity contribution in [2.45, 2.75) is 0 Å². The maximum Gasteiger partial charge on any atom is 0.263 e. The van der Waals surface area contributed by atoms with Crippen LogP contribution in [0.4, 0.5) is 0 Å². The van der Waals surface area contributed by atoms with Crippen LogP contribution in [0.2, 0.25) is 0 Å². The second kappa shape index (κ2) is 11.0. The molecule has 0 amide bonds. The van der Waals surface area contributed by atoms with Crippen LogP contribution in [0, 0.1) is 0 Å². The zero-order valence-electron chi connectivity index (χ0n) is 26.6. The predicted octanol–water partition coefficient (Wildman–Crippen LogP) is 9.28. The lowest BCUT2D eigenvalue weighted by Crippen LogP contribution is -2.20. The van der Waals surface area contributed by atoms with E-state index >= 15 is 0 Å². The number of hydrogen-bond acceptors (Lipinski definition) is 5. The van der Waals surface area contributed by atoms with Gasteiger partial charge in [-0.05, 0) is 30.3 Å². The summed E-state index contributed by atoms with van der Waals surface area (Å²) in [6.45, 7) is 0. The van der Waals surface area contributed by atoms with E-state index in [0.29, 0.717) is 28.5 Å². The molecular weight excluding hydrogens is 617 g/mol. The second-order valence-electron chi connectivity index (χ2n) is 12.3. The highest BCUT2D eigenvalue weighted by atomic mass is 16.1. The maximum absolute atomic E-state index is 14.7. The van der Waals surface area contributed by atoms with Crippen molar-refractivity contribution in [1.29, 1.82) is 0 Å². The third-order valence-corrected chi connectivity index (χ3v) is 9.33. The number of hydrogen-bond donors (Lipinski definition) is 0. The minimum absolute atomic E-state index is 0.107. The van der Waals surface area contributed by atoms with Gasteiger partial charge in [0.1, 0.15) is 5.65 Å². The first-order valence-electron chi connectivity index (χ1n) is 16.5. The van der Waals surface area contributed by atoms with Gasteiger partial charge >= 0.3 is 0 Å². The van der Waals surface area contributed by atoms with Gasteiger partial charge in [-0.3, -0.25) is 13.8 Å². The van der Waals surface area contributed by atoms with Gasteiger partial charge in [-0.15, -0.1) is 0 Å².